The van der Waals surface area contributed by atoms with Gasteiger partial charge in [-0.15, -0.1) is 0 Å². The molecule has 2 aromatic heterocycles. The zero-order valence-corrected chi connectivity index (χ0v) is 18.6. The number of hydrogen-bond acceptors (Lipinski definition) is 6. The zero-order chi connectivity index (χ0) is 22.6. The summed E-state index contributed by atoms with van der Waals surface area (Å²) >= 11 is 0. The largest absolute Gasteiger partial charge is 0.436 e. The summed E-state index contributed by atoms with van der Waals surface area (Å²) in [6, 6.07) is 13.5. The maximum atomic E-state index is 12.4. The maximum absolute atomic E-state index is 12.4. The molecule has 4 aromatic rings. The van der Waals surface area contributed by atoms with Crippen LogP contribution in [0.25, 0.3) is 33.8 Å². The highest BCUT2D eigenvalue weighted by atomic mass is 16.4. The van der Waals surface area contributed by atoms with Crippen LogP contribution in [0, 0.1) is 0 Å². The summed E-state index contributed by atoms with van der Waals surface area (Å²) in [6.45, 7) is 4.71. The van der Waals surface area contributed by atoms with Gasteiger partial charge in [0.2, 0.25) is 11.8 Å². The zero-order valence-electron chi connectivity index (χ0n) is 18.6. The number of aromatic amines is 1. The van der Waals surface area contributed by atoms with E-state index in [2.05, 4.69) is 37.8 Å². The van der Waals surface area contributed by atoms with Crippen molar-refractivity contribution < 1.29 is 9.21 Å². The fraction of sp³-hybridized carbons (Fsp3) is 0.320. The molecule has 33 heavy (non-hydrogen) atoms. The summed E-state index contributed by atoms with van der Waals surface area (Å²) in [6.07, 6.45) is 4.71. The Kier molecular flexibility index (Phi) is 6.19. The third-order valence-electron chi connectivity index (χ3n) is 5.79. The Morgan fingerprint density at radius 1 is 1.21 bits per heavy atom. The molecule has 1 saturated heterocycles. The van der Waals surface area contributed by atoms with Crippen LogP contribution >= 0.6 is 0 Å². The van der Waals surface area contributed by atoms with E-state index in [-0.39, 0.29) is 11.9 Å². The summed E-state index contributed by atoms with van der Waals surface area (Å²) in [5.41, 5.74) is 4.35. The van der Waals surface area contributed by atoms with E-state index in [9.17, 15) is 4.79 Å². The third kappa shape index (κ3) is 4.81. The van der Waals surface area contributed by atoms with Crippen LogP contribution in [0.3, 0.4) is 0 Å². The summed E-state index contributed by atoms with van der Waals surface area (Å²) in [7, 11) is 0. The number of benzene rings is 2. The molecule has 0 aliphatic carbocycles. The van der Waals surface area contributed by atoms with Crippen LogP contribution in [0.1, 0.15) is 32.0 Å². The van der Waals surface area contributed by atoms with Crippen LogP contribution in [0.15, 0.2) is 53.1 Å². The van der Waals surface area contributed by atoms with Crippen molar-refractivity contribution in [1.82, 2.24) is 25.6 Å². The summed E-state index contributed by atoms with van der Waals surface area (Å²) < 4.78 is 6.07. The summed E-state index contributed by atoms with van der Waals surface area (Å²) in [5.74, 6) is 2.10. The monoisotopic (exact) mass is 444 g/mol. The van der Waals surface area contributed by atoms with E-state index in [1.165, 1.54) is 0 Å². The van der Waals surface area contributed by atoms with Gasteiger partial charge in [-0.3, -0.25) is 4.79 Å². The highest BCUT2D eigenvalue weighted by molar-refractivity contribution is 5.95. The molecule has 0 saturated carbocycles. The van der Waals surface area contributed by atoms with E-state index in [4.69, 9.17) is 4.42 Å². The first-order valence-electron chi connectivity index (χ1n) is 11.5. The van der Waals surface area contributed by atoms with Gasteiger partial charge in [-0.05, 0) is 68.8 Å². The lowest BCUT2D eigenvalue weighted by Crippen LogP contribution is -2.35. The number of nitrogens with zero attached hydrogens (tertiary/aromatic N) is 2. The molecule has 1 amide bonds. The Labute approximate surface area is 192 Å². The minimum absolute atomic E-state index is 0.00475. The van der Waals surface area contributed by atoms with Crippen LogP contribution < -0.4 is 16.0 Å². The molecule has 0 unspecified atom stereocenters. The van der Waals surface area contributed by atoms with Crippen molar-refractivity contribution in [2.45, 2.75) is 38.8 Å². The third-order valence-corrected chi connectivity index (χ3v) is 5.79. The SMILES string of the molecule is CCCNCc1nc2ccc(-c3cnc(-c4cccc(NC(=O)[C@@H]5CCCN5)c4)o3)cc2[nH]1. The van der Waals surface area contributed by atoms with Gasteiger partial charge >= 0.3 is 0 Å². The number of nitrogens with one attached hydrogen (secondary N) is 4. The van der Waals surface area contributed by atoms with Crippen LogP contribution in [0.5, 0.6) is 0 Å². The van der Waals surface area contributed by atoms with E-state index < -0.39 is 0 Å². The predicted molar refractivity (Wildman–Crippen MR) is 129 cm³/mol. The molecule has 1 aliphatic heterocycles. The molecule has 5 rings (SSSR count). The molecule has 0 radical (unpaired) electrons. The first-order chi connectivity index (χ1) is 16.2. The number of hydrogen-bond donors (Lipinski definition) is 4. The van der Waals surface area contributed by atoms with Crippen molar-refractivity contribution in [3.05, 3.63) is 54.5 Å². The molecule has 2 aromatic carbocycles. The average molecular weight is 445 g/mol. The van der Waals surface area contributed by atoms with E-state index >= 15 is 0 Å². The number of fused-ring (bicyclic) bond motifs is 1. The summed E-state index contributed by atoms with van der Waals surface area (Å²) in [5, 5.41) is 9.56. The molecule has 170 valence electrons. The van der Waals surface area contributed by atoms with Crippen molar-refractivity contribution >= 4 is 22.6 Å². The molecule has 4 N–H and O–H groups in total. The van der Waals surface area contributed by atoms with Crippen molar-refractivity contribution in [2.24, 2.45) is 0 Å². The second-order valence-corrected chi connectivity index (χ2v) is 8.34. The number of rotatable bonds is 8. The number of oxazole rings is 1. The topological polar surface area (TPSA) is 108 Å². The average Bonchev–Trinajstić information content (AvgIpc) is 3.59. The van der Waals surface area contributed by atoms with Gasteiger partial charge in [0.25, 0.3) is 0 Å². The lowest BCUT2D eigenvalue weighted by atomic mass is 10.1. The Bertz CT molecular complexity index is 1250. The van der Waals surface area contributed by atoms with Crippen LogP contribution in [-0.4, -0.2) is 40.0 Å². The van der Waals surface area contributed by atoms with Gasteiger partial charge in [-0.25, -0.2) is 9.97 Å². The standard InChI is InChI=1S/C25H28N6O2/c1-2-10-26-15-23-30-19-9-8-16(13-21(19)31-23)22-14-28-25(33-22)17-5-3-6-18(12-17)29-24(32)20-7-4-11-27-20/h3,5-6,8-9,12-14,20,26-27H,2,4,7,10-11,15H2,1H3,(H,29,32)(H,30,31)/t20-/m0/s1. The molecule has 8 heteroatoms. The van der Waals surface area contributed by atoms with E-state index in [1.807, 2.05) is 42.5 Å². The number of anilines is 1. The van der Waals surface area contributed by atoms with Crippen molar-refractivity contribution in [3.8, 4) is 22.8 Å². The molecular weight excluding hydrogens is 416 g/mol. The maximum Gasteiger partial charge on any atom is 0.241 e. The van der Waals surface area contributed by atoms with Gasteiger partial charge in [0.15, 0.2) is 5.76 Å². The van der Waals surface area contributed by atoms with E-state index in [0.717, 1.165) is 66.0 Å². The number of carbonyl (C=O) groups excluding carboxylic acids is 1. The van der Waals surface area contributed by atoms with Gasteiger partial charge in [-0.1, -0.05) is 13.0 Å². The molecule has 1 aliphatic rings. The van der Waals surface area contributed by atoms with E-state index in [1.54, 1.807) is 6.20 Å². The van der Waals surface area contributed by atoms with Crippen LogP contribution in [0.2, 0.25) is 0 Å². The normalized spacial score (nSPS) is 15.8. The fourth-order valence-electron chi connectivity index (χ4n) is 4.09. The second-order valence-electron chi connectivity index (χ2n) is 8.34. The Morgan fingerprint density at radius 3 is 3.00 bits per heavy atom. The molecule has 1 fully saturated rings. The number of H-pyrrole nitrogens is 1. The van der Waals surface area contributed by atoms with Gasteiger partial charge < -0.3 is 25.4 Å². The van der Waals surface area contributed by atoms with Crippen molar-refractivity contribution in [2.75, 3.05) is 18.4 Å². The Hall–Kier alpha value is -3.49. The minimum atomic E-state index is -0.123. The molecule has 8 nitrogen and oxygen atoms in total. The van der Waals surface area contributed by atoms with Gasteiger partial charge in [0.1, 0.15) is 5.82 Å². The highest BCUT2D eigenvalue weighted by Crippen LogP contribution is 2.29. The fourth-order valence-corrected chi connectivity index (χ4v) is 4.09. The molecule has 0 spiro atoms. The predicted octanol–water partition coefficient (Wildman–Crippen LogP) is 4.08. The van der Waals surface area contributed by atoms with Gasteiger partial charge in [0, 0.05) is 16.8 Å². The minimum Gasteiger partial charge on any atom is -0.436 e. The Morgan fingerprint density at radius 2 is 2.15 bits per heavy atom. The molecular formula is C25H28N6O2. The smallest absolute Gasteiger partial charge is 0.241 e. The Balaban J connectivity index is 1.32. The van der Waals surface area contributed by atoms with Gasteiger partial charge in [-0.2, -0.15) is 0 Å². The number of aromatic nitrogens is 3. The quantitative estimate of drug-likeness (QED) is 0.305. The van der Waals surface area contributed by atoms with Crippen molar-refractivity contribution in [3.63, 3.8) is 0 Å². The lowest BCUT2D eigenvalue weighted by Gasteiger charge is -2.11. The van der Waals surface area contributed by atoms with Crippen molar-refractivity contribution in [1.29, 1.82) is 0 Å². The van der Waals surface area contributed by atoms with Gasteiger partial charge in [0.05, 0.1) is 29.8 Å². The first kappa shape index (κ1) is 21.4. The van der Waals surface area contributed by atoms with E-state index in [0.29, 0.717) is 18.2 Å². The highest BCUT2D eigenvalue weighted by Gasteiger charge is 2.22. The first-order valence-corrected chi connectivity index (χ1v) is 11.5. The second kappa shape index (κ2) is 9.56. The lowest BCUT2D eigenvalue weighted by molar-refractivity contribution is -0.117. The summed E-state index contributed by atoms with van der Waals surface area (Å²) in [4.78, 5) is 24.9. The molecule has 0 bridgehead atoms. The molecule has 1 atom stereocenters. The number of imidazole rings is 1. The molecule has 3 heterocycles. The number of carbonyl (C=O) groups is 1. The number of amides is 1. The van der Waals surface area contributed by atoms with Crippen LogP contribution in [-0.2, 0) is 11.3 Å². The van der Waals surface area contributed by atoms with Crippen LogP contribution in [0.4, 0.5) is 5.69 Å².